The quantitative estimate of drug-likeness (QED) is 0.439. The van der Waals surface area contributed by atoms with Crippen molar-refractivity contribution in [1.29, 1.82) is 0 Å². The second kappa shape index (κ2) is 11.8. The highest BCUT2D eigenvalue weighted by atomic mass is 16.6. The number of carbonyl (C=O) groups excluding carboxylic acids is 4. The fourth-order valence-electron chi connectivity index (χ4n) is 5.84. The molecule has 2 fully saturated rings. The molecule has 1 aromatic carbocycles. The molecule has 38 heavy (non-hydrogen) atoms. The Hall–Kier alpha value is -2.94. The highest BCUT2D eigenvalue weighted by Crippen LogP contribution is 2.35. The molecule has 1 aliphatic carbocycles. The zero-order valence-corrected chi connectivity index (χ0v) is 23.1. The molecule has 0 aromatic heterocycles. The lowest BCUT2D eigenvalue weighted by Gasteiger charge is -2.34. The van der Waals surface area contributed by atoms with Gasteiger partial charge in [0.15, 0.2) is 0 Å². The molecule has 3 N–H and O–H groups in total. The van der Waals surface area contributed by atoms with Gasteiger partial charge in [0.1, 0.15) is 11.6 Å². The van der Waals surface area contributed by atoms with E-state index in [2.05, 4.69) is 28.9 Å². The summed E-state index contributed by atoms with van der Waals surface area (Å²) in [5.41, 5.74) is 2.24. The Morgan fingerprint density at radius 2 is 1.82 bits per heavy atom. The molecule has 9 nitrogen and oxygen atoms in total. The number of unbranched alkanes of at least 4 members (excludes halogenated alkanes) is 1. The molecule has 208 valence electrons. The first-order valence-corrected chi connectivity index (χ1v) is 14.1. The molecule has 2 heterocycles. The first kappa shape index (κ1) is 28.1. The molecular formula is C29H42N4O5. The van der Waals surface area contributed by atoms with E-state index in [1.807, 2.05) is 32.9 Å². The zero-order valence-electron chi connectivity index (χ0n) is 23.1. The van der Waals surface area contributed by atoms with E-state index in [9.17, 15) is 19.2 Å². The molecule has 1 saturated carbocycles. The third kappa shape index (κ3) is 6.73. The summed E-state index contributed by atoms with van der Waals surface area (Å²) in [5.74, 6) is -0.809. The summed E-state index contributed by atoms with van der Waals surface area (Å²) in [5, 5.41) is 9.27. The van der Waals surface area contributed by atoms with Crippen molar-refractivity contribution in [2.24, 2.45) is 0 Å². The van der Waals surface area contributed by atoms with E-state index in [0.29, 0.717) is 24.6 Å². The number of rotatable bonds is 8. The Morgan fingerprint density at radius 3 is 2.47 bits per heavy atom. The number of alkyl carbamates (subject to hydrolysis) is 1. The maximum Gasteiger partial charge on any atom is 0.407 e. The molecular weight excluding hydrogens is 484 g/mol. The number of nitrogens with zero attached hydrogens (tertiary/aromatic N) is 1. The average Bonchev–Trinajstić information content (AvgIpc) is 3.18. The van der Waals surface area contributed by atoms with Crippen LogP contribution in [-0.4, -0.2) is 52.4 Å². The molecule has 3 aliphatic rings. The van der Waals surface area contributed by atoms with Gasteiger partial charge in [-0.05, 0) is 76.5 Å². The van der Waals surface area contributed by atoms with Crippen molar-refractivity contribution in [3.63, 3.8) is 0 Å². The fraction of sp³-hybridized carbons (Fsp3) is 0.655. The van der Waals surface area contributed by atoms with E-state index in [0.717, 1.165) is 56.1 Å². The van der Waals surface area contributed by atoms with Crippen molar-refractivity contribution in [1.82, 2.24) is 20.9 Å². The lowest BCUT2D eigenvalue weighted by Crippen LogP contribution is -2.52. The molecule has 1 aromatic rings. The topological polar surface area (TPSA) is 117 Å². The molecule has 4 amide bonds. The van der Waals surface area contributed by atoms with Gasteiger partial charge in [-0.25, -0.2) is 4.79 Å². The molecule has 0 unspecified atom stereocenters. The molecule has 4 rings (SSSR count). The van der Waals surface area contributed by atoms with Crippen LogP contribution < -0.4 is 16.0 Å². The number of benzene rings is 1. The fourth-order valence-corrected chi connectivity index (χ4v) is 5.84. The first-order chi connectivity index (χ1) is 18.1. The van der Waals surface area contributed by atoms with Crippen molar-refractivity contribution >= 4 is 23.8 Å². The predicted octanol–water partition coefficient (Wildman–Crippen LogP) is 4.10. The number of hydrogen-bond donors (Lipinski definition) is 3. The average molecular weight is 527 g/mol. The number of hydrogen-bond acceptors (Lipinski definition) is 6. The van der Waals surface area contributed by atoms with Crippen LogP contribution in [0.15, 0.2) is 18.2 Å². The van der Waals surface area contributed by atoms with E-state index in [4.69, 9.17) is 4.74 Å². The van der Waals surface area contributed by atoms with Crippen molar-refractivity contribution in [3.8, 4) is 0 Å². The van der Waals surface area contributed by atoms with Crippen molar-refractivity contribution in [2.75, 3.05) is 0 Å². The van der Waals surface area contributed by atoms with Crippen LogP contribution in [0.1, 0.15) is 113 Å². The largest absolute Gasteiger partial charge is 0.444 e. The summed E-state index contributed by atoms with van der Waals surface area (Å²) < 4.78 is 5.41. The summed E-state index contributed by atoms with van der Waals surface area (Å²) in [6.07, 6.45) is 6.97. The van der Waals surface area contributed by atoms with Crippen LogP contribution in [0.3, 0.4) is 0 Å². The van der Waals surface area contributed by atoms with Crippen LogP contribution in [0, 0.1) is 0 Å². The monoisotopic (exact) mass is 526 g/mol. The van der Waals surface area contributed by atoms with Crippen LogP contribution in [0.4, 0.5) is 4.79 Å². The van der Waals surface area contributed by atoms with Gasteiger partial charge >= 0.3 is 6.09 Å². The standard InChI is InChI=1S/C29H42N4O5/c1-5-6-10-23(30-18-11-13-19(14-12-18)31-28(37)38-29(2,3)4)20-8-7-9-21-22(20)17-33(27(21)36)24-15-16-25(34)32-26(24)35/h7-9,18-19,23-24,30H,5-6,10-17H2,1-4H3,(H,31,37)(H,32,34,35)/t18?,19?,23-,24-/m1/s1. The van der Waals surface area contributed by atoms with E-state index < -0.39 is 11.6 Å². The number of ether oxygens (including phenoxy) is 1. The lowest BCUT2D eigenvalue weighted by molar-refractivity contribution is -0.136. The Kier molecular flexibility index (Phi) is 8.75. The van der Waals surface area contributed by atoms with Gasteiger partial charge in [0.25, 0.3) is 5.91 Å². The molecule has 2 aliphatic heterocycles. The molecule has 0 spiro atoms. The molecule has 2 atom stereocenters. The summed E-state index contributed by atoms with van der Waals surface area (Å²) in [6.45, 7) is 8.15. The second-order valence-corrected chi connectivity index (χ2v) is 11.8. The van der Waals surface area contributed by atoms with Gasteiger partial charge in [0.05, 0.1) is 0 Å². The highest BCUT2D eigenvalue weighted by Gasteiger charge is 2.40. The molecule has 0 bridgehead atoms. The number of carbonyl (C=O) groups is 4. The predicted molar refractivity (Wildman–Crippen MR) is 143 cm³/mol. The minimum atomic E-state index is -0.616. The van der Waals surface area contributed by atoms with Crippen LogP contribution in [0.5, 0.6) is 0 Å². The minimum Gasteiger partial charge on any atom is -0.444 e. The number of imide groups is 1. The normalized spacial score (nSPS) is 24.6. The summed E-state index contributed by atoms with van der Waals surface area (Å²) >= 11 is 0. The second-order valence-electron chi connectivity index (χ2n) is 11.8. The number of fused-ring (bicyclic) bond motifs is 1. The van der Waals surface area contributed by atoms with E-state index >= 15 is 0 Å². The number of nitrogens with one attached hydrogen (secondary N) is 3. The Labute approximate surface area is 225 Å². The van der Waals surface area contributed by atoms with Crippen molar-refractivity contribution in [2.45, 2.75) is 122 Å². The Bertz CT molecular complexity index is 1060. The van der Waals surface area contributed by atoms with Gasteiger partial charge in [0, 0.05) is 36.7 Å². The molecule has 9 heteroatoms. The van der Waals surface area contributed by atoms with E-state index in [1.165, 1.54) is 0 Å². The van der Waals surface area contributed by atoms with Gasteiger partial charge < -0.3 is 20.3 Å². The lowest BCUT2D eigenvalue weighted by atomic mass is 9.88. The van der Waals surface area contributed by atoms with E-state index in [-0.39, 0.29) is 42.3 Å². The third-order valence-electron chi connectivity index (χ3n) is 7.73. The summed E-state index contributed by atoms with van der Waals surface area (Å²) in [4.78, 5) is 51.2. The highest BCUT2D eigenvalue weighted by molar-refractivity contribution is 6.05. The van der Waals surface area contributed by atoms with Crippen LogP contribution in [0.25, 0.3) is 0 Å². The molecule has 1 saturated heterocycles. The van der Waals surface area contributed by atoms with E-state index in [1.54, 1.807) is 4.90 Å². The van der Waals surface area contributed by atoms with Crippen LogP contribution >= 0.6 is 0 Å². The maximum atomic E-state index is 13.3. The number of piperidine rings is 1. The smallest absolute Gasteiger partial charge is 0.407 e. The van der Waals surface area contributed by atoms with Crippen LogP contribution in [-0.2, 0) is 20.9 Å². The third-order valence-corrected chi connectivity index (χ3v) is 7.73. The minimum absolute atomic E-state index is 0.0970. The number of amides is 4. The van der Waals surface area contributed by atoms with Gasteiger partial charge in [0.2, 0.25) is 11.8 Å². The SMILES string of the molecule is CCCC[C@@H](NC1CCC(NC(=O)OC(C)(C)C)CC1)c1cccc2c1CN([C@@H]1CCC(=O)NC1=O)C2=O. The van der Waals surface area contributed by atoms with Crippen LogP contribution in [0.2, 0.25) is 0 Å². The maximum absolute atomic E-state index is 13.3. The van der Waals surface area contributed by atoms with Gasteiger partial charge in [-0.2, -0.15) is 0 Å². The van der Waals surface area contributed by atoms with Crippen molar-refractivity contribution in [3.05, 3.63) is 34.9 Å². The van der Waals surface area contributed by atoms with Gasteiger partial charge in [-0.3, -0.25) is 19.7 Å². The van der Waals surface area contributed by atoms with Gasteiger partial charge in [-0.1, -0.05) is 31.9 Å². The van der Waals surface area contributed by atoms with Gasteiger partial charge in [-0.15, -0.1) is 0 Å². The molecule has 0 radical (unpaired) electrons. The van der Waals surface area contributed by atoms with Crippen molar-refractivity contribution < 1.29 is 23.9 Å². The summed E-state index contributed by atoms with van der Waals surface area (Å²) in [6, 6.07) is 5.78. The first-order valence-electron chi connectivity index (χ1n) is 14.1. The Balaban J connectivity index is 1.43. The Morgan fingerprint density at radius 1 is 1.11 bits per heavy atom. The summed E-state index contributed by atoms with van der Waals surface area (Å²) in [7, 11) is 0. The zero-order chi connectivity index (χ0) is 27.4.